The molecule has 0 amide bonds. The second-order valence-corrected chi connectivity index (χ2v) is 7.34. The van der Waals surface area contributed by atoms with E-state index in [1.54, 1.807) is 14.2 Å². The summed E-state index contributed by atoms with van der Waals surface area (Å²) in [4.78, 5) is 2.59. The highest BCUT2D eigenvalue weighted by atomic mass is 16.5. The van der Waals surface area contributed by atoms with Crippen LogP contribution in [-0.2, 0) is 6.54 Å². The van der Waals surface area contributed by atoms with Gasteiger partial charge in [0.25, 0.3) is 0 Å². The maximum atomic E-state index is 5.68. The van der Waals surface area contributed by atoms with Gasteiger partial charge in [0.05, 0.1) is 20.3 Å². The number of hydrogen-bond donors (Lipinski definition) is 1. The predicted octanol–water partition coefficient (Wildman–Crippen LogP) is 4.33. The summed E-state index contributed by atoms with van der Waals surface area (Å²) >= 11 is 0. The Morgan fingerprint density at radius 1 is 0.963 bits per heavy atom. The number of hydrogen-bond acceptors (Lipinski definition) is 4. The first kappa shape index (κ1) is 19.7. The van der Waals surface area contributed by atoms with Crippen LogP contribution in [0.5, 0.6) is 11.5 Å². The molecule has 1 unspecified atom stereocenters. The van der Waals surface area contributed by atoms with Crippen molar-refractivity contribution < 1.29 is 9.47 Å². The van der Waals surface area contributed by atoms with Gasteiger partial charge in [-0.2, -0.15) is 0 Å². The van der Waals surface area contributed by atoms with Gasteiger partial charge in [-0.15, -0.1) is 0 Å². The maximum Gasteiger partial charge on any atom is 0.123 e. The molecule has 0 bridgehead atoms. The molecule has 1 fully saturated rings. The maximum absolute atomic E-state index is 5.68. The quantitative estimate of drug-likeness (QED) is 0.752. The van der Waals surface area contributed by atoms with Crippen molar-refractivity contribution in [3.8, 4) is 11.5 Å². The summed E-state index contributed by atoms with van der Waals surface area (Å²) in [6.45, 7) is 6.15. The average Bonchev–Trinajstić information content (AvgIpc) is 2.73. The zero-order valence-corrected chi connectivity index (χ0v) is 16.8. The first-order valence-corrected chi connectivity index (χ1v) is 9.93. The Labute approximate surface area is 163 Å². The van der Waals surface area contributed by atoms with Gasteiger partial charge in [0.2, 0.25) is 0 Å². The van der Waals surface area contributed by atoms with E-state index >= 15 is 0 Å². The van der Waals surface area contributed by atoms with Crippen LogP contribution in [0.25, 0.3) is 0 Å². The molecule has 4 heteroatoms. The largest absolute Gasteiger partial charge is 0.497 e. The number of nitrogens with one attached hydrogen (secondary N) is 1. The van der Waals surface area contributed by atoms with Crippen LogP contribution in [0.15, 0.2) is 42.5 Å². The second-order valence-electron chi connectivity index (χ2n) is 7.34. The van der Waals surface area contributed by atoms with Crippen LogP contribution in [0.3, 0.4) is 0 Å². The Morgan fingerprint density at radius 3 is 2.37 bits per heavy atom. The molecule has 0 radical (unpaired) electrons. The fourth-order valence-electron chi connectivity index (χ4n) is 3.82. The van der Waals surface area contributed by atoms with E-state index < -0.39 is 0 Å². The molecule has 4 nitrogen and oxygen atoms in total. The topological polar surface area (TPSA) is 33.7 Å². The minimum absolute atomic E-state index is 0.279. The standard InChI is InChI=1S/C23H32N2O2/c1-18-7-9-19(10-8-18)16-24-17-22(25-13-5-4-6-14-25)21-15-20(26-2)11-12-23(21)27-3/h7-12,15,22,24H,4-6,13-14,16-17H2,1-3H3. The predicted molar refractivity (Wildman–Crippen MR) is 111 cm³/mol. The third kappa shape index (κ3) is 5.24. The molecule has 3 rings (SSSR count). The second kappa shape index (κ2) is 9.77. The Kier molecular flexibility index (Phi) is 7.13. The van der Waals surface area contributed by atoms with Gasteiger partial charge in [0.15, 0.2) is 0 Å². The van der Waals surface area contributed by atoms with Gasteiger partial charge in [-0.25, -0.2) is 0 Å². The number of benzene rings is 2. The van der Waals surface area contributed by atoms with Crippen LogP contribution in [0.2, 0.25) is 0 Å². The van der Waals surface area contributed by atoms with Gasteiger partial charge in [-0.1, -0.05) is 36.2 Å². The number of rotatable bonds is 8. The van der Waals surface area contributed by atoms with Gasteiger partial charge in [-0.3, -0.25) is 4.90 Å². The third-order valence-electron chi connectivity index (χ3n) is 5.41. The van der Waals surface area contributed by atoms with Crippen LogP contribution >= 0.6 is 0 Å². The van der Waals surface area contributed by atoms with Crippen molar-refractivity contribution >= 4 is 0 Å². The lowest BCUT2D eigenvalue weighted by atomic mass is 10.00. The average molecular weight is 369 g/mol. The van der Waals surface area contributed by atoms with Gasteiger partial charge >= 0.3 is 0 Å². The summed E-state index contributed by atoms with van der Waals surface area (Å²) in [7, 11) is 3.47. The van der Waals surface area contributed by atoms with E-state index in [1.807, 2.05) is 12.1 Å². The Bertz CT molecular complexity index is 709. The summed E-state index contributed by atoms with van der Waals surface area (Å²) in [5.74, 6) is 1.81. The Hall–Kier alpha value is -2.04. The van der Waals surface area contributed by atoms with Crippen molar-refractivity contribution in [3.63, 3.8) is 0 Å². The van der Waals surface area contributed by atoms with E-state index in [9.17, 15) is 0 Å². The fraction of sp³-hybridized carbons (Fsp3) is 0.478. The molecule has 0 aliphatic carbocycles. The Morgan fingerprint density at radius 2 is 1.70 bits per heavy atom. The van der Waals surface area contributed by atoms with Crippen molar-refractivity contribution in [3.05, 3.63) is 59.2 Å². The normalized spacial score (nSPS) is 16.1. The summed E-state index contributed by atoms with van der Waals surface area (Å²) in [6.07, 6.45) is 3.86. The van der Waals surface area contributed by atoms with Crippen LogP contribution in [0.4, 0.5) is 0 Å². The van der Waals surface area contributed by atoms with E-state index in [4.69, 9.17) is 9.47 Å². The van der Waals surface area contributed by atoms with Gasteiger partial charge < -0.3 is 14.8 Å². The molecule has 146 valence electrons. The molecular formula is C23H32N2O2. The highest BCUT2D eigenvalue weighted by molar-refractivity contribution is 5.42. The van der Waals surface area contributed by atoms with E-state index in [2.05, 4.69) is 47.5 Å². The van der Waals surface area contributed by atoms with Gasteiger partial charge in [0.1, 0.15) is 11.5 Å². The number of likely N-dealkylation sites (tertiary alicyclic amines) is 1. The summed E-state index contributed by atoms with van der Waals surface area (Å²) in [5.41, 5.74) is 3.82. The molecule has 1 saturated heterocycles. The SMILES string of the molecule is COc1ccc(OC)c(C(CNCc2ccc(C)cc2)N2CCCCC2)c1. The minimum Gasteiger partial charge on any atom is -0.497 e. The lowest BCUT2D eigenvalue weighted by Gasteiger charge is -2.35. The first-order valence-electron chi connectivity index (χ1n) is 9.93. The lowest BCUT2D eigenvalue weighted by Crippen LogP contribution is -2.39. The van der Waals surface area contributed by atoms with Gasteiger partial charge in [-0.05, 0) is 56.6 Å². The molecule has 1 heterocycles. The summed E-state index contributed by atoms with van der Waals surface area (Å²) in [5, 5.41) is 3.67. The molecule has 1 aliphatic heterocycles. The number of ether oxygens (including phenoxy) is 2. The molecule has 1 atom stereocenters. The molecule has 2 aromatic rings. The number of piperidine rings is 1. The Balaban J connectivity index is 1.77. The van der Waals surface area contributed by atoms with Crippen molar-refractivity contribution in [1.82, 2.24) is 10.2 Å². The lowest BCUT2D eigenvalue weighted by molar-refractivity contribution is 0.157. The number of aryl methyl sites for hydroxylation is 1. The van der Waals surface area contributed by atoms with Crippen molar-refractivity contribution in [2.45, 2.75) is 38.8 Å². The van der Waals surface area contributed by atoms with Crippen LogP contribution < -0.4 is 14.8 Å². The zero-order chi connectivity index (χ0) is 19.1. The monoisotopic (exact) mass is 368 g/mol. The van der Waals surface area contributed by atoms with Crippen molar-refractivity contribution in [2.75, 3.05) is 33.9 Å². The van der Waals surface area contributed by atoms with Gasteiger partial charge in [0, 0.05) is 18.7 Å². The highest BCUT2D eigenvalue weighted by Crippen LogP contribution is 2.34. The smallest absolute Gasteiger partial charge is 0.123 e. The molecule has 0 saturated carbocycles. The van der Waals surface area contributed by atoms with E-state index in [0.29, 0.717) is 0 Å². The van der Waals surface area contributed by atoms with Crippen LogP contribution in [-0.4, -0.2) is 38.8 Å². The summed E-state index contributed by atoms with van der Waals surface area (Å²) in [6, 6.07) is 15.1. The molecule has 1 N–H and O–H groups in total. The molecule has 1 aliphatic rings. The molecule has 0 spiro atoms. The van der Waals surface area contributed by atoms with E-state index in [0.717, 1.165) is 37.7 Å². The van der Waals surface area contributed by atoms with E-state index in [-0.39, 0.29) is 6.04 Å². The van der Waals surface area contributed by atoms with Crippen LogP contribution in [0.1, 0.15) is 42.0 Å². The number of methoxy groups -OCH3 is 2. The fourth-order valence-corrected chi connectivity index (χ4v) is 3.82. The summed E-state index contributed by atoms with van der Waals surface area (Å²) < 4.78 is 11.2. The van der Waals surface area contributed by atoms with E-state index in [1.165, 1.54) is 36.0 Å². The highest BCUT2D eigenvalue weighted by Gasteiger charge is 2.25. The minimum atomic E-state index is 0.279. The molecule has 2 aromatic carbocycles. The number of nitrogens with zero attached hydrogens (tertiary/aromatic N) is 1. The van der Waals surface area contributed by atoms with Crippen molar-refractivity contribution in [1.29, 1.82) is 0 Å². The molecule has 0 aromatic heterocycles. The van der Waals surface area contributed by atoms with Crippen LogP contribution in [0, 0.1) is 6.92 Å². The first-order chi connectivity index (χ1) is 13.2. The zero-order valence-electron chi connectivity index (χ0n) is 16.8. The molecule has 27 heavy (non-hydrogen) atoms. The molecular weight excluding hydrogens is 336 g/mol. The third-order valence-corrected chi connectivity index (χ3v) is 5.41. The van der Waals surface area contributed by atoms with Crippen molar-refractivity contribution in [2.24, 2.45) is 0 Å².